The number of hydrogen-bond acceptors (Lipinski definition) is 4. The quantitative estimate of drug-likeness (QED) is 0.830. The topological polar surface area (TPSA) is 78.5 Å². The van der Waals surface area contributed by atoms with Gasteiger partial charge >= 0.3 is 0 Å². The number of sulfonamides is 1. The van der Waals surface area contributed by atoms with Gasteiger partial charge in [0.2, 0.25) is 10.0 Å². The number of rotatable bonds is 6. The van der Waals surface area contributed by atoms with Crippen LogP contribution in [0.4, 0.5) is 11.4 Å². The number of carbonyl (C=O) groups excluding carboxylic acids is 1. The summed E-state index contributed by atoms with van der Waals surface area (Å²) in [5.41, 5.74) is 2.13. The zero-order valence-corrected chi connectivity index (χ0v) is 15.0. The molecule has 0 spiro atoms. The summed E-state index contributed by atoms with van der Waals surface area (Å²) in [5, 5.41) is 2.80. The Hall–Kier alpha value is -2.38. The molecule has 0 heterocycles. The molecule has 0 bridgehead atoms. The van der Waals surface area contributed by atoms with Crippen molar-refractivity contribution < 1.29 is 13.2 Å². The molecule has 25 heavy (non-hydrogen) atoms. The molecular weight excluding hydrogens is 338 g/mol. The largest absolute Gasteiger partial charge is 0.378 e. The second-order valence-electron chi connectivity index (χ2n) is 6.32. The second-order valence-corrected chi connectivity index (χ2v) is 8.03. The normalized spacial score (nSPS) is 14.2. The van der Waals surface area contributed by atoms with Gasteiger partial charge in [-0.3, -0.25) is 4.79 Å². The van der Waals surface area contributed by atoms with Crippen molar-refractivity contribution in [3.8, 4) is 0 Å². The van der Waals surface area contributed by atoms with E-state index in [0.717, 1.165) is 18.5 Å². The van der Waals surface area contributed by atoms with Crippen molar-refractivity contribution in [3.63, 3.8) is 0 Å². The number of benzene rings is 2. The smallest absolute Gasteiger partial charge is 0.255 e. The summed E-state index contributed by atoms with van der Waals surface area (Å²) < 4.78 is 26.9. The van der Waals surface area contributed by atoms with E-state index >= 15 is 0 Å². The van der Waals surface area contributed by atoms with Crippen LogP contribution in [0.15, 0.2) is 53.4 Å². The van der Waals surface area contributed by atoms with Gasteiger partial charge in [0.1, 0.15) is 0 Å². The minimum Gasteiger partial charge on any atom is -0.378 e. The lowest BCUT2D eigenvalue weighted by molar-refractivity contribution is 0.102. The Morgan fingerprint density at radius 2 is 1.60 bits per heavy atom. The zero-order chi connectivity index (χ0) is 18.0. The van der Waals surface area contributed by atoms with E-state index in [1.54, 1.807) is 0 Å². The van der Waals surface area contributed by atoms with Gasteiger partial charge in [0.25, 0.3) is 5.91 Å². The van der Waals surface area contributed by atoms with Crippen LogP contribution >= 0.6 is 0 Å². The van der Waals surface area contributed by atoms with E-state index in [4.69, 9.17) is 0 Å². The molecule has 2 aromatic carbocycles. The summed E-state index contributed by atoms with van der Waals surface area (Å²) in [6, 6.07) is 13.5. The van der Waals surface area contributed by atoms with Crippen LogP contribution in [0.2, 0.25) is 0 Å². The van der Waals surface area contributed by atoms with Crippen LogP contribution < -0.4 is 14.9 Å². The molecule has 0 saturated heterocycles. The zero-order valence-electron chi connectivity index (χ0n) is 14.2. The van der Waals surface area contributed by atoms with E-state index < -0.39 is 10.0 Å². The van der Waals surface area contributed by atoms with E-state index in [2.05, 4.69) is 10.0 Å². The molecule has 7 heteroatoms. The van der Waals surface area contributed by atoms with E-state index in [-0.39, 0.29) is 16.8 Å². The highest BCUT2D eigenvalue weighted by atomic mass is 32.2. The number of hydrogen-bond donors (Lipinski definition) is 2. The maximum atomic E-state index is 12.3. The Balaban J connectivity index is 1.68. The van der Waals surface area contributed by atoms with Gasteiger partial charge in [-0.05, 0) is 61.4 Å². The Morgan fingerprint density at radius 1 is 1.00 bits per heavy atom. The molecule has 2 aromatic rings. The van der Waals surface area contributed by atoms with E-state index in [0.29, 0.717) is 11.3 Å². The maximum absolute atomic E-state index is 12.3. The van der Waals surface area contributed by atoms with Crippen LogP contribution in [0.5, 0.6) is 0 Å². The first-order chi connectivity index (χ1) is 11.8. The Kier molecular flexibility index (Phi) is 4.78. The lowest BCUT2D eigenvalue weighted by atomic mass is 10.2. The molecule has 6 nitrogen and oxygen atoms in total. The van der Waals surface area contributed by atoms with Crippen LogP contribution in [-0.2, 0) is 10.0 Å². The lowest BCUT2D eigenvalue weighted by Crippen LogP contribution is -2.25. The molecule has 1 saturated carbocycles. The third-order valence-corrected chi connectivity index (χ3v) is 5.50. The third-order valence-electron chi connectivity index (χ3n) is 3.97. The van der Waals surface area contributed by atoms with Gasteiger partial charge in [-0.2, -0.15) is 0 Å². The number of amides is 1. The third kappa shape index (κ3) is 4.37. The van der Waals surface area contributed by atoms with Crippen LogP contribution in [0, 0.1) is 0 Å². The van der Waals surface area contributed by atoms with Crippen molar-refractivity contribution in [2.24, 2.45) is 0 Å². The lowest BCUT2D eigenvalue weighted by Gasteiger charge is -2.13. The minimum absolute atomic E-state index is 0.0538. The van der Waals surface area contributed by atoms with Gasteiger partial charge in [0, 0.05) is 37.1 Å². The summed E-state index contributed by atoms with van der Waals surface area (Å²) in [7, 11) is 0.394. The average molecular weight is 359 g/mol. The van der Waals surface area contributed by atoms with E-state index in [1.807, 2.05) is 43.3 Å². The fraction of sp³-hybridized carbons (Fsp3) is 0.278. The predicted molar refractivity (Wildman–Crippen MR) is 98.5 cm³/mol. The SMILES string of the molecule is CN(C)c1ccc(NC(=O)c2ccc(S(=O)(=O)NC3CC3)cc2)cc1. The molecule has 0 radical (unpaired) electrons. The molecule has 132 valence electrons. The summed E-state index contributed by atoms with van der Waals surface area (Å²) >= 11 is 0. The van der Waals surface area contributed by atoms with Crippen molar-refractivity contribution >= 4 is 27.3 Å². The summed E-state index contributed by atoms with van der Waals surface area (Å²) in [6.07, 6.45) is 1.76. The number of carbonyl (C=O) groups is 1. The second kappa shape index (κ2) is 6.85. The highest BCUT2D eigenvalue weighted by Crippen LogP contribution is 2.22. The first-order valence-corrected chi connectivity index (χ1v) is 9.54. The fourth-order valence-corrected chi connectivity index (χ4v) is 3.63. The number of anilines is 2. The van der Waals surface area contributed by atoms with Crippen molar-refractivity contribution in [2.75, 3.05) is 24.3 Å². The number of nitrogens with one attached hydrogen (secondary N) is 2. The average Bonchev–Trinajstić information content (AvgIpc) is 3.38. The number of nitrogens with zero attached hydrogens (tertiary/aromatic N) is 1. The Labute approximate surface area is 147 Å². The first kappa shape index (κ1) is 17.4. The molecule has 0 unspecified atom stereocenters. The molecule has 1 aliphatic carbocycles. The van der Waals surface area contributed by atoms with Crippen molar-refractivity contribution in [1.29, 1.82) is 0 Å². The van der Waals surface area contributed by atoms with Crippen molar-refractivity contribution in [3.05, 3.63) is 54.1 Å². The first-order valence-electron chi connectivity index (χ1n) is 8.06. The summed E-state index contributed by atoms with van der Waals surface area (Å²) in [6.45, 7) is 0. The van der Waals surface area contributed by atoms with Crippen LogP contribution in [0.1, 0.15) is 23.2 Å². The maximum Gasteiger partial charge on any atom is 0.255 e. The Morgan fingerprint density at radius 3 is 2.12 bits per heavy atom. The molecule has 0 aromatic heterocycles. The molecule has 2 N–H and O–H groups in total. The van der Waals surface area contributed by atoms with Gasteiger partial charge in [-0.1, -0.05) is 0 Å². The van der Waals surface area contributed by atoms with Crippen molar-refractivity contribution in [1.82, 2.24) is 4.72 Å². The molecule has 1 aliphatic rings. The predicted octanol–water partition coefficient (Wildman–Crippen LogP) is 2.45. The van der Waals surface area contributed by atoms with Gasteiger partial charge in [-0.25, -0.2) is 13.1 Å². The molecule has 1 amide bonds. The van der Waals surface area contributed by atoms with Crippen molar-refractivity contribution in [2.45, 2.75) is 23.8 Å². The Bertz CT molecular complexity index is 855. The summed E-state index contributed by atoms with van der Waals surface area (Å²) in [5.74, 6) is -0.281. The van der Waals surface area contributed by atoms with E-state index in [1.165, 1.54) is 24.3 Å². The molecule has 0 atom stereocenters. The van der Waals surface area contributed by atoms with Crippen LogP contribution in [0.3, 0.4) is 0 Å². The highest BCUT2D eigenvalue weighted by Gasteiger charge is 2.27. The molecular formula is C18H21N3O3S. The van der Waals surface area contributed by atoms with Crippen LogP contribution in [0.25, 0.3) is 0 Å². The standard InChI is InChI=1S/C18H21N3O3S/c1-21(2)16-9-7-14(8-10-16)19-18(22)13-3-11-17(12-4-13)25(23,24)20-15-5-6-15/h3-4,7-12,15,20H,5-6H2,1-2H3,(H,19,22). The van der Waals surface area contributed by atoms with E-state index in [9.17, 15) is 13.2 Å². The van der Waals surface area contributed by atoms with Gasteiger partial charge in [0.15, 0.2) is 0 Å². The molecule has 1 fully saturated rings. The van der Waals surface area contributed by atoms with Gasteiger partial charge < -0.3 is 10.2 Å². The van der Waals surface area contributed by atoms with Gasteiger partial charge in [-0.15, -0.1) is 0 Å². The monoisotopic (exact) mass is 359 g/mol. The van der Waals surface area contributed by atoms with Crippen LogP contribution in [-0.4, -0.2) is 34.5 Å². The molecule has 0 aliphatic heterocycles. The summed E-state index contributed by atoms with van der Waals surface area (Å²) in [4.78, 5) is 14.4. The minimum atomic E-state index is -3.50. The molecule has 3 rings (SSSR count). The highest BCUT2D eigenvalue weighted by molar-refractivity contribution is 7.89. The fourth-order valence-electron chi connectivity index (χ4n) is 2.32. The van der Waals surface area contributed by atoms with Gasteiger partial charge in [0.05, 0.1) is 4.90 Å².